The Morgan fingerprint density at radius 1 is 1.15 bits per heavy atom. The summed E-state index contributed by atoms with van der Waals surface area (Å²) in [7, 11) is 1.71. The van der Waals surface area contributed by atoms with Gasteiger partial charge in [0.2, 0.25) is 0 Å². The highest BCUT2D eigenvalue weighted by molar-refractivity contribution is 5.35. The van der Waals surface area contributed by atoms with Crippen molar-refractivity contribution in [2.75, 3.05) is 20.3 Å². The van der Waals surface area contributed by atoms with Gasteiger partial charge in [0, 0.05) is 24.8 Å². The number of nitrogens with one attached hydrogen (secondary N) is 1. The summed E-state index contributed by atoms with van der Waals surface area (Å²) >= 11 is 0. The summed E-state index contributed by atoms with van der Waals surface area (Å²) < 4.78 is 11.5. The molecular weight excluding hydrogens is 250 g/mol. The first-order valence-electron chi connectivity index (χ1n) is 7.67. The van der Waals surface area contributed by atoms with Gasteiger partial charge in [-0.3, -0.25) is 0 Å². The molecule has 0 amide bonds. The molecule has 0 saturated heterocycles. The quantitative estimate of drug-likeness (QED) is 0.658. The molecule has 20 heavy (non-hydrogen) atoms. The van der Waals surface area contributed by atoms with E-state index in [-0.39, 0.29) is 6.10 Å². The Kier molecular flexibility index (Phi) is 8.31. The summed E-state index contributed by atoms with van der Waals surface area (Å²) in [5.74, 6) is 0.901. The number of ether oxygens (including phenoxy) is 2. The Morgan fingerprint density at radius 2 is 1.90 bits per heavy atom. The van der Waals surface area contributed by atoms with Crippen molar-refractivity contribution in [3.05, 3.63) is 29.8 Å². The fraction of sp³-hybridized carbons (Fsp3) is 0.647. The van der Waals surface area contributed by atoms with Crippen LogP contribution < -0.4 is 10.1 Å². The Bertz CT molecular complexity index is 366. The van der Waals surface area contributed by atoms with Crippen molar-refractivity contribution >= 4 is 0 Å². The maximum atomic E-state index is 6.08. The van der Waals surface area contributed by atoms with Gasteiger partial charge in [0.05, 0.1) is 13.2 Å². The second-order valence-electron chi connectivity index (χ2n) is 5.37. The number of para-hydroxylation sites is 1. The Morgan fingerprint density at radius 3 is 2.55 bits per heavy atom. The summed E-state index contributed by atoms with van der Waals surface area (Å²) in [4.78, 5) is 0. The van der Waals surface area contributed by atoms with Gasteiger partial charge in [0.1, 0.15) is 5.75 Å². The molecule has 0 saturated carbocycles. The lowest BCUT2D eigenvalue weighted by molar-refractivity contribution is 0.0472. The zero-order chi connectivity index (χ0) is 14.8. The monoisotopic (exact) mass is 279 g/mol. The third-order valence-electron chi connectivity index (χ3n) is 3.26. The molecule has 1 aromatic carbocycles. The molecule has 0 aliphatic carbocycles. The minimum Gasteiger partial charge on any atom is -0.496 e. The summed E-state index contributed by atoms with van der Waals surface area (Å²) in [5.41, 5.74) is 1.12. The molecule has 0 aliphatic rings. The van der Waals surface area contributed by atoms with Gasteiger partial charge in [0.15, 0.2) is 0 Å². The number of rotatable bonds is 10. The normalized spacial score (nSPS) is 12.7. The van der Waals surface area contributed by atoms with E-state index in [1.807, 2.05) is 18.2 Å². The van der Waals surface area contributed by atoms with E-state index in [9.17, 15) is 0 Å². The number of hydrogen-bond acceptors (Lipinski definition) is 3. The van der Waals surface area contributed by atoms with E-state index in [4.69, 9.17) is 9.47 Å². The highest BCUT2D eigenvalue weighted by Gasteiger charge is 2.16. The summed E-state index contributed by atoms with van der Waals surface area (Å²) in [6, 6.07) is 8.56. The van der Waals surface area contributed by atoms with Crippen LogP contribution in [0.3, 0.4) is 0 Å². The van der Waals surface area contributed by atoms with E-state index < -0.39 is 0 Å². The molecule has 1 N–H and O–H groups in total. The number of methoxy groups -OCH3 is 1. The first-order chi connectivity index (χ1) is 9.69. The molecule has 1 aromatic rings. The molecule has 3 heteroatoms. The van der Waals surface area contributed by atoms with Gasteiger partial charge in [-0.05, 0) is 12.5 Å². The van der Waals surface area contributed by atoms with Gasteiger partial charge in [-0.25, -0.2) is 0 Å². The van der Waals surface area contributed by atoms with Gasteiger partial charge < -0.3 is 14.8 Å². The van der Waals surface area contributed by atoms with Crippen LogP contribution in [-0.2, 0) is 4.74 Å². The van der Waals surface area contributed by atoms with Crippen LogP contribution in [0.25, 0.3) is 0 Å². The maximum Gasteiger partial charge on any atom is 0.124 e. The van der Waals surface area contributed by atoms with Gasteiger partial charge in [-0.1, -0.05) is 51.8 Å². The van der Waals surface area contributed by atoms with Gasteiger partial charge >= 0.3 is 0 Å². The lowest BCUT2D eigenvalue weighted by atomic mass is 10.1. The number of unbranched alkanes of at least 4 members (excludes halogenated alkanes) is 2. The maximum absolute atomic E-state index is 6.08. The van der Waals surface area contributed by atoms with E-state index in [0.717, 1.165) is 30.9 Å². The summed E-state index contributed by atoms with van der Waals surface area (Å²) in [6.45, 7) is 8.12. The van der Waals surface area contributed by atoms with Crippen molar-refractivity contribution in [1.29, 1.82) is 0 Å². The van der Waals surface area contributed by atoms with Gasteiger partial charge in [-0.2, -0.15) is 0 Å². The predicted octanol–water partition coefficient (Wildman–Crippen LogP) is 3.94. The Labute approximate surface area is 123 Å². The second-order valence-corrected chi connectivity index (χ2v) is 5.37. The number of hydrogen-bond donors (Lipinski definition) is 1. The van der Waals surface area contributed by atoms with Crippen LogP contribution in [0, 0.1) is 0 Å². The lowest BCUT2D eigenvalue weighted by Crippen LogP contribution is -2.29. The van der Waals surface area contributed by atoms with E-state index in [2.05, 4.69) is 32.2 Å². The molecule has 3 nitrogen and oxygen atoms in total. The SMILES string of the molecule is CCCCCOC(CNC(C)C)c1ccccc1OC. The molecule has 0 radical (unpaired) electrons. The fourth-order valence-corrected chi connectivity index (χ4v) is 2.11. The topological polar surface area (TPSA) is 30.5 Å². The van der Waals surface area contributed by atoms with Crippen LogP contribution in [0.5, 0.6) is 5.75 Å². The van der Waals surface area contributed by atoms with Crippen molar-refractivity contribution in [3.8, 4) is 5.75 Å². The molecule has 114 valence electrons. The Balaban J connectivity index is 2.69. The van der Waals surface area contributed by atoms with Crippen molar-refractivity contribution in [2.24, 2.45) is 0 Å². The van der Waals surface area contributed by atoms with Gasteiger partial charge in [-0.15, -0.1) is 0 Å². The zero-order valence-electron chi connectivity index (χ0n) is 13.3. The molecule has 1 unspecified atom stereocenters. The lowest BCUT2D eigenvalue weighted by Gasteiger charge is -2.22. The average molecular weight is 279 g/mol. The minimum absolute atomic E-state index is 0.0467. The fourth-order valence-electron chi connectivity index (χ4n) is 2.11. The molecule has 0 heterocycles. The van der Waals surface area contributed by atoms with Crippen molar-refractivity contribution in [1.82, 2.24) is 5.32 Å². The molecular formula is C17H29NO2. The van der Waals surface area contributed by atoms with Crippen molar-refractivity contribution in [2.45, 2.75) is 52.2 Å². The summed E-state index contributed by atoms with van der Waals surface area (Å²) in [5, 5.41) is 3.46. The highest BCUT2D eigenvalue weighted by Crippen LogP contribution is 2.27. The van der Waals surface area contributed by atoms with Crippen molar-refractivity contribution < 1.29 is 9.47 Å². The molecule has 1 rings (SSSR count). The highest BCUT2D eigenvalue weighted by atomic mass is 16.5. The second kappa shape index (κ2) is 9.78. The van der Waals surface area contributed by atoms with Crippen molar-refractivity contribution in [3.63, 3.8) is 0 Å². The van der Waals surface area contributed by atoms with Crippen LogP contribution in [0.1, 0.15) is 51.7 Å². The molecule has 0 spiro atoms. The summed E-state index contributed by atoms with van der Waals surface area (Å²) in [6.07, 6.45) is 3.60. The number of benzene rings is 1. The van der Waals surface area contributed by atoms with E-state index >= 15 is 0 Å². The smallest absolute Gasteiger partial charge is 0.124 e. The first-order valence-corrected chi connectivity index (χ1v) is 7.67. The van der Waals surface area contributed by atoms with Crippen LogP contribution in [0.15, 0.2) is 24.3 Å². The molecule has 0 fully saturated rings. The third-order valence-corrected chi connectivity index (χ3v) is 3.26. The van der Waals surface area contributed by atoms with Gasteiger partial charge in [0.25, 0.3) is 0 Å². The van der Waals surface area contributed by atoms with Crippen LogP contribution >= 0.6 is 0 Å². The zero-order valence-corrected chi connectivity index (χ0v) is 13.3. The predicted molar refractivity (Wildman–Crippen MR) is 84.4 cm³/mol. The first kappa shape index (κ1) is 17.0. The molecule has 0 aromatic heterocycles. The van der Waals surface area contributed by atoms with Crippen LogP contribution in [0.2, 0.25) is 0 Å². The largest absolute Gasteiger partial charge is 0.496 e. The molecule has 0 aliphatic heterocycles. The van der Waals surface area contributed by atoms with E-state index in [0.29, 0.717) is 6.04 Å². The van der Waals surface area contributed by atoms with Crippen LogP contribution in [0.4, 0.5) is 0 Å². The standard InChI is InChI=1S/C17H29NO2/c1-5-6-9-12-20-17(13-18-14(2)3)15-10-7-8-11-16(15)19-4/h7-8,10-11,14,17-18H,5-6,9,12-13H2,1-4H3. The Hall–Kier alpha value is -1.06. The third kappa shape index (κ3) is 5.93. The van der Waals surface area contributed by atoms with Crippen LogP contribution in [-0.4, -0.2) is 26.3 Å². The van der Waals surface area contributed by atoms with E-state index in [1.54, 1.807) is 7.11 Å². The average Bonchev–Trinajstić information content (AvgIpc) is 2.46. The molecule has 1 atom stereocenters. The van der Waals surface area contributed by atoms with E-state index in [1.165, 1.54) is 12.8 Å². The molecule has 0 bridgehead atoms. The minimum atomic E-state index is 0.0467.